The molecule has 2 atom stereocenters. The molecule has 2 aromatic carbocycles. The first-order chi connectivity index (χ1) is 21.8. The van der Waals surface area contributed by atoms with Gasteiger partial charge in [-0.2, -0.15) is 9.97 Å². The molecule has 1 aliphatic carbocycles. The molecule has 7 rings (SSSR count). The van der Waals surface area contributed by atoms with Crippen molar-refractivity contribution in [3.63, 3.8) is 0 Å². The number of phenolic OH excluding ortho intramolecular Hbond substituents is 1. The maximum absolute atomic E-state index is 16.8. The number of anilines is 1. The minimum Gasteiger partial charge on any atom is -0.508 e. The third-order valence-corrected chi connectivity index (χ3v) is 9.59. The Kier molecular flexibility index (Phi) is 7.70. The first-order valence-corrected chi connectivity index (χ1v) is 15.9. The lowest BCUT2D eigenvalue weighted by molar-refractivity contribution is 0.0370. The molecule has 2 aromatic heterocycles. The van der Waals surface area contributed by atoms with E-state index in [2.05, 4.69) is 44.9 Å². The molecule has 0 radical (unpaired) electrons. The van der Waals surface area contributed by atoms with Crippen LogP contribution in [0.4, 0.5) is 14.6 Å². The van der Waals surface area contributed by atoms with Gasteiger partial charge in [-0.05, 0) is 49.3 Å². The molecule has 2 saturated heterocycles. The maximum atomic E-state index is 16.8. The summed E-state index contributed by atoms with van der Waals surface area (Å²) >= 11 is 0. The summed E-state index contributed by atoms with van der Waals surface area (Å²) in [7, 11) is 0. The molecule has 0 amide bonds. The lowest BCUT2D eigenvalue weighted by Crippen LogP contribution is -2.56. The highest BCUT2D eigenvalue weighted by Gasteiger charge is 2.47. The van der Waals surface area contributed by atoms with Gasteiger partial charge >= 0.3 is 6.01 Å². The van der Waals surface area contributed by atoms with Crippen LogP contribution in [0.3, 0.4) is 0 Å². The number of pyridine rings is 1. The molecule has 45 heavy (non-hydrogen) atoms. The molecule has 1 saturated carbocycles. The fraction of sp³-hybridized carbons (Fsp3) is 0.457. The summed E-state index contributed by atoms with van der Waals surface area (Å²) in [4.78, 5) is 18.4. The number of hydrogen-bond acceptors (Lipinski definition) is 8. The molecule has 10 heteroatoms. The van der Waals surface area contributed by atoms with E-state index >= 15 is 4.39 Å². The molecule has 234 valence electrons. The number of hydrogen-bond donors (Lipinski definition) is 2. The summed E-state index contributed by atoms with van der Waals surface area (Å²) in [5.74, 6) is 2.62. The zero-order valence-electron chi connectivity index (χ0n) is 25.7. The van der Waals surface area contributed by atoms with Crippen LogP contribution in [0.1, 0.15) is 45.1 Å². The monoisotopic (exact) mass is 612 g/mol. The Morgan fingerprint density at radius 1 is 1.11 bits per heavy atom. The van der Waals surface area contributed by atoms with Gasteiger partial charge in [0.2, 0.25) is 0 Å². The van der Waals surface area contributed by atoms with Gasteiger partial charge in [0.25, 0.3) is 0 Å². The summed E-state index contributed by atoms with van der Waals surface area (Å²) in [5.41, 5.74) is 1.03. The van der Waals surface area contributed by atoms with Crippen LogP contribution in [0.5, 0.6) is 11.8 Å². The van der Waals surface area contributed by atoms with Crippen LogP contribution in [0, 0.1) is 23.6 Å². The van der Waals surface area contributed by atoms with Crippen LogP contribution in [0.15, 0.2) is 36.5 Å². The summed E-state index contributed by atoms with van der Waals surface area (Å²) < 4.78 is 36.5. The van der Waals surface area contributed by atoms with Gasteiger partial charge in [0, 0.05) is 72.9 Å². The second-order valence-electron chi connectivity index (χ2n) is 12.9. The Morgan fingerprint density at radius 3 is 2.53 bits per heavy atom. The number of piperazine rings is 1. The van der Waals surface area contributed by atoms with Gasteiger partial charge in [0.15, 0.2) is 5.82 Å². The van der Waals surface area contributed by atoms with Crippen molar-refractivity contribution in [3.8, 4) is 35.4 Å². The van der Waals surface area contributed by atoms with Crippen molar-refractivity contribution < 1.29 is 18.6 Å². The van der Waals surface area contributed by atoms with Crippen molar-refractivity contribution >= 4 is 27.5 Å². The lowest BCUT2D eigenvalue weighted by Gasteiger charge is -2.39. The molecule has 3 fully saturated rings. The number of benzene rings is 2. The number of rotatable bonds is 9. The van der Waals surface area contributed by atoms with E-state index in [1.165, 1.54) is 6.07 Å². The number of alkyl halides is 1. The van der Waals surface area contributed by atoms with E-state index in [1.54, 1.807) is 24.4 Å². The zero-order chi connectivity index (χ0) is 31.3. The SMILES string of the molecule is C#Cc1cccc2cc(O)cc(-c3ncc4c(N5CC(CC)NC(CC)C5)nc(OCC5(CN6CC(F)C6)CC5)nc4c3F)c12. The van der Waals surface area contributed by atoms with Crippen molar-refractivity contribution in [1.29, 1.82) is 0 Å². The molecule has 2 N–H and O–H groups in total. The third kappa shape index (κ3) is 5.64. The zero-order valence-corrected chi connectivity index (χ0v) is 25.7. The fourth-order valence-electron chi connectivity index (χ4n) is 6.80. The van der Waals surface area contributed by atoms with Crippen molar-refractivity contribution in [2.45, 2.75) is 57.8 Å². The molecule has 4 heterocycles. The van der Waals surface area contributed by atoms with E-state index in [9.17, 15) is 9.50 Å². The average molecular weight is 613 g/mol. The predicted octanol–water partition coefficient (Wildman–Crippen LogP) is 5.45. The Morgan fingerprint density at radius 2 is 1.87 bits per heavy atom. The second kappa shape index (κ2) is 11.7. The van der Waals surface area contributed by atoms with Gasteiger partial charge < -0.3 is 20.1 Å². The third-order valence-electron chi connectivity index (χ3n) is 9.59. The van der Waals surface area contributed by atoms with Crippen molar-refractivity contribution in [2.75, 3.05) is 44.2 Å². The number of aromatic nitrogens is 3. The average Bonchev–Trinajstić information content (AvgIpc) is 3.81. The van der Waals surface area contributed by atoms with Crippen LogP contribution in [-0.4, -0.2) is 82.5 Å². The smallest absolute Gasteiger partial charge is 0.319 e. The number of likely N-dealkylation sites (tertiary alicyclic amines) is 1. The summed E-state index contributed by atoms with van der Waals surface area (Å²) in [5, 5.41) is 16.1. The summed E-state index contributed by atoms with van der Waals surface area (Å²) in [6.07, 6.45) is 10.5. The predicted molar refractivity (Wildman–Crippen MR) is 172 cm³/mol. The minimum atomic E-state index is -0.753. The highest BCUT2D eigenvalue weighted by Crippen LogP contribution is 2.47. The molecule has 3 aliphatic rings. The molecular weight excluding hydrogens is 574 g/mol. The van der Waals surface area contributed by atoms with Crippen molar-refractivity contribution in [1.82, 2.24) is 25.2 Å². The maximum Gasteiger partial charge on any atom is 0.319 e. The minimum absolute atomic E-state index is 0.0200. The van der Waals surface area contributed by atoms with Gasteiger partial charge in [-0.15, -0.1) is 6.42 Å². The van der Waals surface area contributed by atoms with E-state index < -0.39 is 12.0 Å². The van der Waals surface area contributed by atoms with E-state index in [1.807, 2.05) is 6.07 Å². The van der Waals surface area contributed by atoms with Crippen molar-refractivity contribution in [2.24, 2.45) is 5.41 Å². The molecule has 4 aromatic rings. The van der Waals surface area contributed by atoms with Gasteiger partial charge in [-0.3, -0.25) is 9.88 Å². The van der Waals surface area contributed by atoms with Gasteiger partial charge in [0.05, 0.1) is 12.0 Å². The largest absolute Gasteiger partial charge is 0.508 e. The number of halogens is 2. The van der Waals surface area contributed by atoms with Crippen molar-refractivity contribution in [3.05, 3.63) is 47.9 Å². The molecule has 2 aliphatic heterocycles. The van der Waals surface area contributed by atoms with Crippen LogP contribution < -0.4 is 15.0 Å². The van der Waals surface area contributed by atoms with Gasteiger partial charge in [-0.1, -0.05) is 31.9 Å². The second-order valence-corrected chi connectivity index (χ2v) is 12.9. The van der Waals surface area contributed by atoms with Crippen LogP contribution >= 0.6 is 0 Å². The lowest BCUT2D eigenvalue weighted by atomic mass is 9.96. The fourth-order valence-corrected chi connectivity index (χ4v) is 6.80. The molecule has 8 nitrogen and oxygen atoms in total. The van der Waals surface area contributed by atoms with Crippen LogP contribution in [-0.2, 0) is 0 Å². The number of phenols is 1. The van der Waals surface area contributed by atoms with E-state index in [0.29, 0.717) is 65.9 Å². The first kappa shape index (κ1) is 29.6. The number of nitrogens with one attached hydrogen (secondary N) is 1. The normalized spacial score (nSPS) is 21.5. The molecule has 2 unspecified atom stereocenters. The quantitative estimate of drug-likeness (QED) is 0.242. The number of fused-ring (bicyclic) bond motifs is 2. The van der Waals surface area contributed by atoms with Crippen LogP contribution in [0.2, 0.25) is 0 Å². The Bertz CT molecular complexity index is 1790. The topological polar surface area (TPSA) is 86.6 Å². The number of ether oxygens (including phenoxy) is 1. The van der Waals surface area contributed by atoms with Gasteiger partial charge in [0.1, 0.15) is 28.9 Å². The van der Waals surface area contributed by atoms with Gasteiger partial charge in [-0.25, -0.2) is 8.78 Å². The van der Waals surface area contributed by atoms with E-state index in [-0.39, 0.29) is 40.5 Å². The number of aromatic hydroxyl groups is 1. The molecular formula is C35H38F2N6O2. The number of terminal acetylenes is 1. The summed E-state index contributed by atoms with van der Waals surface area (Å²) in [6.45, 7) is 7.78. The number of nitrogens with zero attached hydrogens (tertiary/aromatic N) is 5. The summed E-state index contributed by atoms with van der Waals surface area (Å²) in [6, 6.07) is 9.12. The molecule has 0 spiro atoms. The standard InChI is InChI=1S/C35H38F2N6O2/c1-4-21-8-7-9-22-12-26(44)13-27(29(21)22)31-30(37)32-28(14-38-31)33(43-17-24(5-2)39-25(6-3)18-43)41-34(40-32)45-20-35(10-11-35)19-42-15-23(36)16-42/h1,7-9,12-14,23-25,39,44H,5-6,10-11,15-20H2,2-3H3. The first-order valence-electron chi connectivity index (χ1n) is 15.9. The van der Waals surface area contributed by atoms with E-state index in [0.717, 1.165) is 32.2 Å². The highest BCUT2D eigenvalue weighted by atomic mass is 19.1. The Hall–Kier alpha value is -4.07. The van der Waals surface area contributed by atoms with Crippen LogP contribution in [0.25, 0.3) is 32.9 Å². The Labute approximate surface area is 261 Å². The Balaban J connectivity index is 1.33. The molecule has 0 bridgehead atoms. The van der Waals surface area contributed by atoms with E-state index in [4.69, 9.17) is 16.1 Å². The highest BCUT2D eigenvalue weighted by molar-refractivity contribution is 6.02.